The van der Waals surface area contributed by atoms with Crippen LogP contribution in [-0.2, 0) is 0 Å². The Hall–Kier alpha value is -0.960. The molecule has 0 amide bonds. The van der Waals surface area contributed by atoms with Crippen LogP contribution in [0.3, 0.4) is 0 Å². The predicted molar refractivity (Wildman–Crippen MR) is 72.4 cm³/mol. The fourth-order valence-corrected chi connectivity index (χ4v) is 2.58. The van der Waals surface area contributed by atoms with Crippen molar-refractivity contribution in [3.05, 3.63) is 58.1 Å². The van der Waals surface area contributed by atoms with E-state index in [1.54, 1.807) is 23.9 Å². The van der Waals surface area contributed by atoms with Crippen molar-refractivity contribution in [3.8, 4) is 0 Å². The number of benzene rings is 2. The van der Waals surface area contributed by atoms with Crippen LogP contribution in [0.15, 0.2) is 52.3 Å². The number of aldehydes is 1. The van der Waals surface area contributed by atoms with Crippen molar-refractivity contribution in [2.45, 2.75) is 9.79 Å². The highest BCUT2D eigenvalue weighted by molar-refractivity contribution is 7.99. The molecule has 0 aliphatic rings. The average molecular weight is 283 g/mol. The third-order valence-electron chi connectivity index (χ3n) is 2.15. The van der Waals surface area contributed by atoms with Crippen LogP contribution in [0.1, 0.15) is 10.4 Å². The van der Waals surface area contributed by atoms with E-state index in [2.05, 4.69) is 0 Å². The smallest absolute Gasteiger partial charge is 0.151 e. The molecule has 0 aliphatic heterocycles. The van der Waals surface area contributed by atoms with Gasteiger partial charge in [0.15, 0.2) is 6.29 Å². The Kier molecular flexibility index (Phi) is 4.11. The lowest BCUT2D eigenvalue weighted by Crippen LogP contribution is -1.82. The standard InChI is InChI=1S/C13H8Cl2OS/c14-10-2-5-11(6-3-10)17-12-4-1-9(8-16)13(15)7-12/h1-8H. The van der Waals surface area contributed by atoms with Gasteiger partial charge in [0.25, 0.3) is 0 Å². The van der Waals surface area contributed by atoms with Crippen molar-refractivity contribution in [2.75, 3.05) is 0 Å². The van der Waals surface area contributed by atoms with Crippen LogP contribution in [0.2, 0.25) is 10.0 Å². The maximum Gasteiger partial charge on any atom is 0.151 e. The van der Waals surface area contributed by atoms with Gasteiger partial charge >= 0.3 is 0 Å². The van der Waals surface area contributed by atoms with Gasteiger partial charge in [-0.2, -0.15) is 0 Å². The predicted octanol–water partition coefficient (Wildman–Crippen LogP) is 4.96. The molecule has 0 bridgehead atoms. The highest BCUT2D eigenvalue weighted by Gasteiger charge is 2.02. The molecule has 2 aromatic rings. The minimum atomic E-state index is 0.471. The first-order chi connectivity index (χ1) is 8.19. The minimum absolute atomic E-state index is 0.471. The Labute approximate surface area is 114 Å². The van der Waals surface area contributed by atoms with Gasteiger partial charge in [-0.25, -0.2) is 0 Å². The van der Waals surface area contributed by atoms with Crippen LogP contribution in [0.5, 0.6) is 0 Å². The summed E-state index contributed by atoms with van der Waals surface area (Å²) in [6, 6.07) is 12.9. The average Bonchev–Trinajstić information content (AvgIpc) is 2.32. The molecule has 2 rings (SSSR count). The van der Waals surface area contributed by atoms with Crippen LogP contribution in [-0.4, -0.2) is 6.29 Å². The number of carbonyl (C=O) groups is 1. The summed E-state index contributed by atoms with van der Waals surface area (Å²) in [4.78, 5) is 12.7. The highest BCUT2D eigenvalue weighted by atomic mass is 35.5. The van der Waals surface area contributed by atoms with E-state index in [-0.39, 0.29) is 0 Å². The van der Waals surface area contributed by atoms with Crippen LogP contribution in [0.4, 0.5) is 0 Å². The van der Waals surface area contributed by atoms with Crippen molar-refractivity contribution in [2.24, 2.45) is 0 Å². The lowest BCUT2D eigenvalue weighted by atomic mass is 10.2. The van der Waals surface area contributed by atoms with Crippen molar-refractivity contribution in [3.63, 3.8) is 0 Å². The van der Waals surface area contributed by atoms with E-state index in [0.717, 1.165) is 16.1 Å². The molecule has 86 valence electrons. The maximum atomic E-state index is 10.6. The molecule has 0 N–H and O–H groups in total. The number of carbonyl (C=O) groups excluding carboxylic acids is 1. The van der Waals surface area contributed by atoms with Crippen molar-refractivity contribution in [1.29, 1.82) is 0 Å². The first kappa shape index (κ1) is 12.5. The maximum absolute atomic E-state index is 10.6. The summed E-state index contributed by atoms with van der Waals surface area (Å²) in [5.41, 5.74) is 0.507. The summed E-state index contributed by atoms with van der Waals surface area (Å²) >= 11 is 13.3. The topological polar surface area (TPSA) is 17.1 Å². The minimum Gasteiger partial charge on any atom is -0.298 e. The van der Waals surface area contributed by atoms with Gasteiger partial charge in [0, 0.05) is 20.4 Å². The molecule has 0 aromatic heterocycles. The molecule has 0 spiro atoms. The normalized spacial score (nSPS) is 10.2. The van der Waals surface area contributed by atoms with E-state index in [0.29, 0.717) is 15.6 Å². The lowest BCUT2D eigenvalue weighted by Gasteiger charge is -2.03. The molecule has 17 heavy (non-hydrogen) atoms. The fraction of sp³-hybridized carbons (Fsp3) is 0. The SMILES string of the molecule is O=Cc1ccc(Sc2ccc(Cl)cc2)cc1Cl. The number of hydrogen-bond acceptors (Lipinski definition) is 2. The molecule has 0 fully saturated rings. The molecular formula is C13H8Cl2OS. The summed E-state index contributed by atoms with van der Waals surface area (Å²) in [7, 11) is 0. The largest absolute Gasteiger partial charge is 0.298 e. The van der Waals surface area contributed by atoms with Crippen molar-refractivity contribution >= 4 is 41.2 Å². The lowest BCUT2D eigenvalue weighted by molar-refractivity contribution is 0.112. The zero-order valence-electron chi connectivity index (χ0n) is 8.69. The molecule has 2 aromatic carbocycles. The molecule has 0 saturated heterocycles. The molecule has 0 radical (unpaired) electrons. The Bertz CT molecular complexity index is 538. The first-order valence-corrected chi connectivity index (χ1v) is 6.44. The zero-order valence-corrected chi connectivity index (χ0v) is 11.0. The van der Waals surface area contributed by atoms with Crippen LogP contribution < -0.4 is 0 Å². The second-order valence-electron chi connectivity index (χ2n) is 3.36. The number of hydrogen-bond donors (Lipinski definition) is 0. The zero-order chi connectivity index (χ0) is 12.3. The monoisotopic (exact) mass is 282 g/mol. The summed E-state index contributed by atoms with van der Waals surface area (Å²) < 4.78 is 0. The molecular weight excluding hydrogens is 275 g/mol. The highest BCUT2D eigenvalue weighted by Crippen LogP contribution is 2.31. The summed E-state index contributed by atoms with van der Waals surface area (Å²) in [5, 5.41) is 1.18. The Morgan fingerprint density at radius 2 is 1.59 bits per heavy atom. The molecule has 0 heterocycles. The Balaban J connectivity index is 2.21. The fourth-order valence-electron chi connectivity index (χ4n) is 1.31. The van der Waals surface area contributed by atoms with E-state index in [4.69, 9.17) is 23.2 Å². The molecule has 0 saturated carbocycles. The van der Waals surface area contributed by atoms with Gasteiger partial charge in [0.1, 0.15) is 0 Å². The van der Waals surface area contributed by atoms with Gasteiger partial charge in [-0.1, -0.05) is 35.0 Å². The van der Waals surface area contributed by atoms with Crippen LogP contribution in [0, 0.1) is 0 Å². The number of halogens is 2. The van der Waals surface area contributed by atoms with Crippen LogP contribution >= 0.6 is 35.0 Å². The molecule has 0 atom stereocenters. The van der Waals surface area contributed by atoms with Gasteiger partial charge < -0.3 is 0 Å². The van der Waals surface area contributed by atoms with Gasteiger partial charge in [-0.05, 0) is 42.5 Å². The van der Waals surface area contributed by atoms with E-state index >= 15 is 0 Å². The summed E-state index contributed by atoms with van der Waals surface area (Å²) in [6.45, 7) is 0. The molecule has 0 aliphatic carbocycles. The van der Waals surface area contributed by atoms with E-state index < -0.39 is 0 Å². The Morgan fingerprint density at radius 1 is 0.941 bits per heavy atom. The van der Waals surface area contributed by atoms with Gasteiger partial charge in [0.05, 0.1) is 5.02 Å². The Morgan fingerprint density at radius 3 is 2.18 bits per heavy atom. The van der Waals surface area contributed by atoms with Gasteiger partial charge in [-0.3, -0.25) is 4.79 Å². The van der Waals surface area contributed by atoms with E-state index in [1.165, 1.54) is 0 Å². The summed E-state index contributed by atoms with van der Waals surface area (Å²) in [5.74, 6) is 0. The second kappa shape index (κ2) is 5.58. The van der Waals surface area contributed by atoms with E-state index in [9.17, 15) is 4.79 Å². The summed E-state index contributed by atoms with van der Waals surface area (Å²) in [6.07, 6.45) is 0.749. The van der Waals surface area contributed by atoms with Crippen molar-refractivity contribution in [1.82, 2.24) is 0 Å². The molecule has 1 nitrogen and oxygen atoms in total. The van der Waals surface area contributed by atoms with Gasteiger partial charge in [0.2, 0.25) is 0 Å². The third-order valence-corrected chi connectivity index (χ3v) is 3.73. The quantitative estimate of drug-likeness (QED) is 0.741. The van der Waals surface area contributed by atoms with Crippen molar-refractivity contribution < 1.29 is 4.79 Å². The first-order valence-electron chi connectivity index (χ1n) is 4.87. The third kappa shape index (κ3) is 3.25. The van der Waals surface area contributed by atoms with Gasteiger partial charge in [-0.15, -0.1) is 0 Å². The van der Waals surface area contributed by atoms with Crippen LogP contribution in [0.25, 0.3) is 0 Å². The second-order valence-corrected chi connectivity index (χ2v) is 5.35. The molecule has 4 heteroatoms. The molecule has 0 unspecified atom stereocenters. The number of rotatable bonds is 3. The van der Waals surface area contributed by atoms with E-state index in [1.807, 2.05) is 30.3 Å².